The van der Waals surface area contributed by atoms with Gasteiger partial charge in [-0.15, -0.1) is 10.2 Å². The molecule has 1 heterocycles. The number of amides is 1. The van der Waals surface area contributed by atoms with Gasteiger partial charge in [0.2, 0.25) is 5.91 Å². The van der Waals surface area contributed by atoms with Crippen molar-refractivity contribution in [3.8, 4) is 11.8 Å². The first-order chi connectivity index (χ1) is 20.7. The fourth-order valence-corrected chi connectivity index (χ4v) is 5.27. The molecule has 0 bridgehead atoms. The number of anilines is 2. The first kappa shape index (κ1) is 45.4. The molecule has 21 heteroatoms. The zero-order chi connectivity index (χ0) is 32.6. The van der Waals surface area contributed by atoms with Crippen LogP contribution in [0.5, 0.6) is 0 Å². The summed E-state index contributed by atoms with van der Waals surface area (Å²) in [5, 5.41) is 45.8. The van der Waals surface area contributed by atoms with E-state index in [-0.39, 0.29) is 166 Å². The molecule has 0 unspecified atom stereocenters. The van der Waals surface area contributed by atoms with Gasteiger partial charge in [0.1, 0.15) is 33.1 Å². The average Bonchev–Trinajstić information content (AvgIpc) is 3.32. The number of nitrogens with zero attached hydrogens (tertiary/aromatic N) is 6. The molecule has 0 spiro atoms. The zero-order valence-corrected chi connectivity index (χ0v) is 34.1. The Kier molecular flexibility index (Phi) is 20.1. The first-order valence-electron chi connectivity index (χ1n) is 12.6. The van der Waals surface area contributed by atoms with Crippen LogP contribution in [0.1, 0.15) is 38.2 Å². The van der Waals surface area contributed by atoms with Gasteiger partial charge in [-0.3, -0.25) is 4.79 Å². The van der Waals surface area contributed by atoms with Crippen LogP contribution >= 0.6 is 23.2 Å². The molecule has 1 amide bonds. The topological polar surface area (TPSA) is 236 Å². The van der Waals surface area contributed by atoms with E-state index in [1.807, 2.05) is 6.07 Å². The van der Waals surface area contributed by atoms with Crippen molar-refractivity contribution in [2.45, 2.75) is 37.5 Å². The number of carbonyl (C=O) groups is 3. The van der Waals surface area contributed by atoms with Crippen LogP contribution in [0, 0.1) is 11.3 Å². The molecule has 0 fully saturated rings. The number of aromatic nitrogens is 2. The van der Waals surface area contributed by atoms with Gasteiger partial charge in [-0.1, -0.05) is 23.2 Å². The number of nitrogens with one attached hydrogen (secondary N) is 1. The molecular formula is C26H22Cl2N7Na3O8S. The van der Waals surface area contributed by atoms with Crippen molar-refractivity contribution in [3.63, 3.8) is 0 Å². The van der Waals surface area contributed by atoms with Crippen LogP contribution in [0.2, 0.25) is 10.0 Å². The average molecular weight is 732 g/mol. The third-order valence-corrected chi connectivity index (χ3v) is 7.27. The van der Waals surface area contributed by atoms with Crippen LogP contribution in [0.4, 0.5) is 22.9 Å². The smallest absolute Gasteiger partial charge is 0.744 e. The minimum atomic E-state index is -4.88. The van der Waals surface area contributed by atoms with Crippen LogP contribution in [0.15, 0.2) is 51.7 Å². The number of nitriles is 1. The van der Waals surface area contributed by atoms with E-state index in [2.05, 4.69) is 20.6 Å². The molecule has 1 aromatic heterocycles. The van der Waals surface area contributed by atoms with Crippen LogP contribution in [-0.4, -0.2) is 53.7 Å². The number of rotatable bonds is 14. The summed E-state index contributed by atoms with van der Waals surface area (Å²) in [5.41, 5.74) is 0.645. The van der Waals surface area contributed by atoms with Gasteiger partial charge in [0.05, 0.1) is 26.8 Å². The number of benzene rings is 2. The Morgan fingerprint density at radius 1 is 1.00 bits per heavy atom. The minimum Gasteiger partial charge on any atom is -0.744 e. The van der Waals surface area contributed by atoms with Crippen molar-refractivity contribution in [2.75, 3.05) is 23.3 Å². The Morgan fingerprint density at radius 2 is 1.55 bits per heavy atom. The largest absolute Gasteiger partial charge is 1.00 e. The third-order valence-electron chi connectivity index (χ3n) is 5.88. The molecule has 0 aliphatic heterocycles. The summed E-state index contributed by atoms with van der Waals surface area (Å²) in [6, 6.07) is 8.24. The Labute approximate surface area is 346 Å². The third kappa shape index (κ3) is 13.3. The first-order valence-corrected chi connectivity index (χ1v) is 14.8. The van der Waals surface area contributed by atoms with E-state index in [4.69, 9.17) is 23.2 Å². The van der Waals surface area contributed by atoms with E-state index in [1.165, 1.54) is 19.1 Å². The van der Waals surface area contributed by atoms with Gasteiger partial charge in [0.15, 0.2) is 5.82 Å². The molecule has 0 saturated carbocycles. The molecule has 1 N–H and O–H groups in total. The SMILES string of the molecule is CC(=O)Nc1cc(N(CCCC(=O)[O-])CCCC(=O)[O-])ccc1N=Nc1c(C#N)cnn1-c1c(Cl)cc(S(=O)(=O)[O-])cc1Cl.[Na+].[Na+].[Na+]. The van der Waals surface area contributed by atoms with E-state index in [0.717, 1.165) is 23.0 Å². The molecule has 3 rings (SSSR count). The van der Waals surface area contributed by atoms with Crippen LogP contribution < -0.4 is 109 Å². The summed E-state index contributed by atoms with van der Waals surface area (Å²) in [6.45, 7) is 1.73. The number of halogens is 2. The summed E-state index contributed by atoms with van der Waals surface area (Å²) < 4.78 is 35.3. The molecule has 0 aliphatic carbocycles. The molecule has 2 aromatic carbocycles. The van der Waals surface area contributed by atoms with Crippen molar-refractivity contribution in [1.29, 1.82) is 5.26 Å². The Morgan fingerprint density at radius 3 is 2.02 bits per heavy atom. The fourth-order valence-electron chi connectivity index (χ4n) is 3.97. The number of aliphatic carboxylic acids is 2. The summed E-state index contributed by atoms with van der Waals surface area (Å²) in [5.74, 6) is -3.11. The van der Waals surface area contributed by atoms with Gasteiger partial charge in [0, 0.05) is 37.6 Å². The number of carboxylic acid groups (broad SMARTS) is 2. The Bertz CT molecular complexity index is 1740. The minimum absolute atomic E-state index is 0. The standard InChI is InChI=1S/C26H25Cl2N7O8S.3Na/c1-15(36)31-22-10-17(34(8-2-4-23(37)38)9-3-5-24(39)40)6-7-21(22)32-33-26-16(13-29)14-30-35(26)25-19(27)11-18(12-20(25)28)44(41,42)43;;;/h6-7,10-12,14H,2-5,8-9H2,1H3,(H,31,36)(H,37,38)(H,39,40)(H,41,42,43);;;/q;3*+1/p-3. The molecule has 0 aliphatic rings. The molecule has 3 aromatic rings. The monoisotopic (exact) mass is 731 g/mol. The van der Waals surface area contributed by atoms with Gasteiger partial charge >= 0.3 is 88.7 Å². The van der Waals surface area contributed by atoms with Crippen molar-refractivity contribution in [2.24, 2.45) is 10.2 Å². The predicted molar refractivity (Wildman–Crippen MR) is 152 cm³/mol. The van der Waals surface area contributed by atoms with Gasteiger partial charge in [-0.05, 0) is 56.0 Å². The summed E-state index contributed by atoms with van der Waals surface area (Å²) in [4.78, 5) is 34.8. The number of carboxylic acids is 2. The van der Waals surface area contributed by atoms with E-state index in [0.29, 0.717) is 5.69 Å². The van der Waals surface area contributed by atoms with E-state index < -0.39 is 32.9 Å². The van der Waals surface area contributed by atoms with Crippen LogP contribution in [0.3, 0.4) is 0 Å². The summed E-state index contributed by atoms with van der Waals surface area (Å²) in [7, 11) is -4.88. The van der Waals surface area contributed by atoms with Gasteiger partial charge in [0.25, 0.3) is 0 Å². The molecule has 47 heavy (non-hydrogen) atoms. The van der Waals surface area contributed by atoms with Gasteiger partial charge < -0.3 is 34.6 Å². The maximum Gasteiger partial charge on any atom is 1.00 e. The van der Waals surface area contributed by atoms with Gasteiger partial charge in [-0.2, -0.15) is 10.4 Å². The second kappa shape index (κ2) is 20.8. The number of hydrogen-bond acceptors (Lipinski definition) is 13. The van der Waals surface area contributed by atoms with E-state index in [9.17, 15) is 42.8 Å². The number of azo groups is 1. The fraction of sp³-hybridized carbons (Fsp3) is 0.269. The van der Waals surface area contributed by atoms with E-state index in [1.54, 1.807) is 11.0 Å². The second-order valence-corrected chi connectivity index (χ2v) is 11.3. The van der Waals surface area contributed by atoms with Crippen molar-refractivity contribution < 1.29 is 126 Å². The number of carbonyl (C=O) groups excluding carboxylic acids is 3. The molecule has 15 nitrogen and oxygen atoms in total. The second-order valence-electron chi connectivity index (χ2n) is 9.12. The quantitative estimate of drug-likeness (QED) is 0.0929. The zero-order valence-electron chi connectivity index (χ0n) is 25.8. The predicted octanol–water partition coefficient (Wildman–Crippen LogP) is -6.79. The molecular weight excluding hydrogens is 710 g/mol. The molecule has 0 saturated heterocycles. The van der Waals surface area contributed by atoms with E-state index >= 15 is 0 Å². The van der Waals surface area contributed by atoms with Crippen LogP contribution in [-0.2, 0) is 24.5 Å². The van der Waals surface area contributed by atoms with Gasteiger partial charge in [-0.25, -0.2) is 13.1 Å². The molecule has 0 radical (unpaired) electrons. The maximum atomic E-state index is 12.0. The number of hydrogen-bond donors (Lipinski definition) is 1. The van der Waals surface area contributed by atoms with Crippen molar-refractivity contribution >= 4 is 74.0 Å². The normalized spacial score (nSPS) is 10.6. The molecule has 232 valence electrons. The Balaban J connectivity index is 0.00000705. The van der Waals surface area contributed by atoms with Crippen molar-refractivity contribution in [3.05, 3.63) is 52.1 Å². The maximum absolute atomic E-state index is 12.0. The summed E-state index contributed by atoms with van der Waals surface area (Å²) in [6.07, 6.45) is 1.10. The van der Waals surface area contributed by atoms with Crippen molar-refractivity contribution in [1.82, 2.24) is 9.78 Å². The van der Waals surface area contributed by atoms with Crippen LogP contribution in [0.25, 0.3) is 5.69 Å². The Hall–Kier alpha value is -1.56. The summed E-state index contributed by atoms with van der Waals surface area (Å²) >= 11 is 12.5. The molecule has 0 atom stereocenters.